The number of carbonyl (C=O) groups is 2. The fourth-order valence-electron chi connectivity index (χ4n) is 3.87. The van der Waals surface area contributed by atoms with E-state index in [1.807, 2.05) is 18.2 Å². The molecule has 0 saturated carbocycles. The molecule has 0 radical (unpaired) electrons. The number of benzene rings is 1. The maximum Gasteiger partial charge on any atom is 0.245 e. The van der Waals surface area contributed by atoms with Gasteiger partial charge in [-0.3, -0.25) is 9.59 Å². The molecule has 0 spiro atoms. The fourth-order valence-corrected chi connectivity index (χ4v) is 3.87. The highest BCUT2D eigenvalue weighted by Crippen LogP contribution is 2.24. The van der Waals surface area contributed by atoms with Crippen LogP contribution >= 0.6 is 0 Å². The van der Waals surface area contributed by atoms with E-state index in [-0.39, 0.29) is 23.9 Å². The van der Waals surface area contributed by atoms with Crippen LogP contribution in [0.2, 0.25) is 0 Å². The SMILES string of the molecule is C[C@H]1CN(C(=O)[C@@H]2CCC(=O)N2)Cc2nnc(CCc3ccccc3)n21. The molecule has 7 heteroatoms. The Labute approximate surface area is 152 Å². The molecule has 3 heterocycles. The first-order valence-electron chi connectivity index (χ1n) is 9.16. The molecule has 1 saturated heterocycles. The summed E-state index contributed by atoms with van der Waals surface area (Å²) in [5.41, 5.74) is 1.28. The number of nitrogens with zero attached hydrogens (tertiary/aromatic N) is 4. The van der Waals surface area contributed by atoms with E-state index in [0.717, 1.165) is 24.5 Å². The zero-order valence-electron chi connectivity index (χ0n) is 14.9. The lowest BCUT2D eigenvalue weighted by molar-refractivity contribution is -0.136. The molecule has 1 fully saturated rings. The third-order valence-electron chi connectivity index (χ3n) is 5.18. The van der Waals surface area contributed by atoms with Gasteiger partial charge in [0.25, 0.3) is 0 Å². The summed E-state index contributed by atoms with van der Waals surface area (Å²) in [5, 5.41) is 11.5. The first-order chi connectivity index (χ1) is 12.6. The van der Waals surface area contributed by atoms with Crippen molar-refractivity contribution in [3.05, 3.63) is 47.5 Å². The summed E-state index contributed by atoms with van der Waals surface area (Å²) in [4.78, 5) is 25.9. The molecule has 0 bridgehead atoms. The van der Waals surface area contributed by atoms with Crippen molar-refractivity contribution in [2.45, 2.75) is 51.2 Å². The van der Waals surface area contributed by atoms with Gasteiger partial charge in [-0.1, -0.05) is 30.3 Å². The van der Waals surface area contributed by atoms with Crippen molar-refractivity contribution in [1.82, 2.24) is 25.0 Å². The summed E-state index contributed by atoms with van der Waals surface area (Å²) in [6, 6.07) is 10.1. The second-order valence-electron chi connectivity index (χ2n) is 7.11. The first kappa shape index (κ1) is 16.8. The van der Waals surface area contributed by atoms with Gasteiger partial charge < -0.3 is 14.8 Å². The van der Waals surface area contributed by atoms with Gasteiger partial charge in [-0.2, -0.15) is 0 Å². The standard InChI is InChI=1S/C19H23N5O2/c1-13-11-23(19(26)15-8-10-18(25)20-15)12-17-22-21-16(24(13)17)9-7-14-5-3-2-4-6-14/h2-6,13,15H,7-12H2,1H3,(H,20,25)/t13-,15-/m0/s1. The average molecular weight is 353 g/mol. The Morgan fingerprint density at radius 2 is 2.04 bits per heavy atom. The Bertz CT molecular complexity index is 817. The fraction of sp³-hybridized carbons (Fsp3) is 0.474. The number of aromatic nitrogens is 3. The van der Waals surface area contributed by atoms with E-state index in [4.69, 9.17) is 0 Å². The van der Waals surface area contributed by atoms with Crippen LogP contribution in [-0.4, -0.2) is 44.1 Å². The highest BCUT2D eigenvalue weighted by atomic mass is 16.2. The number of rotatable bonds is 4. The van der Waals surface area contributed by atoms with Crippen molar-refractivity contribution in [2.75, 3.05) is 6.54 Å². The predicted molar refractivity (Wildman–Crippen MR) is 95.2 cm³/mol. The molecule has 2 atom stereocenters. The quantitative estimate of drug-likeness (QED) is 0.897. The van der Waals surface area contributed by atoms with Gasteiger partial charge in [0.1, 0.15) is 11.9 Å². The summed E-state index contributed by atoms with van der Waals surface area (Å²) < 4.78 is 2.17. The second kappa shape index (κ2) is 6.90. The molecule has 2 aliphatic rings. The average Bonchev–Trinajstić information content (AvgIpc) is 3.26. The number of hydrogen-bond acceptors (Lipinski definition) is 4. The molecule has 0 aliphatic carbocycles. The van der Waals surface area contributed by atoms with Gasteiger partial charge in [0.2, 0.25) is 11.8 Å². The molecule has 0 unspecified atom stereocenters. The van der Waals surface area contributed by atoms with Crippen LogP contribution in [0.4, 0.5) is 0 Å². The summed E-state index contributed by atoms with van der Waals surface area (Å²) in [5.74, 6) is 1.74. The topological polar surface area (TPSA) is 80.1 Å². The molecule has 26 heavy (non-hydrogen) atoms. The zero-order valence-corrected chi connectivity index (χ0v) is 14.9. The lowest BCUT2D eigenvalue weighted by Gasteiger charge is -2.34. The van der Waals surface area contributed by atoms with Gasteiger partial charge in [-0.25, -0.2) is 0 Å². The summed E-state index contributed by atoms with van der Waals surface area (Å²) in [7, 11) is 0. The van der Waals surface area contributed by atoms with Crippen LogP contribution in [0.1, 0.15) is 43.0 Å². The number of fused-ring (bicyclic) bond motifs is 1. The third kappa shape index (κ3) is 3.21. The molecular weight excluding hydrogens is 330 g/mol. The largest absolute Gasteiger partial charge is 0.344 e. The number of nitrogens with one attached hydrogen (secondary N) is 1. The third-order valence-corrected chi connectivity index (χ3v) is 5.18. The molecule has 1 aromatic heterocycles. The van der Waals surface area contributed by atoms with Crippen molar-refractivity contribution >= 4 is 11.8 Å². The number of hydrogen-bond donors (Lipinski definition) is 1. The van der Waals surface area contributed by atoms with Crippen molar-refractivity contribution in [1.29, 1.82) is 0 Å². The molecule has 1 N–H and O–H groups in total. The van der Waals surface area contributed by atoms with E-state index >= 15 is 0 Å². The second-order valence-corrected chi connectivity index (χ2v) is 7.11. The summed E-state index contributed by atoms with van der Waals surface area (Å²) >= 11 is 0. The van der Waals surface area contributed by atoms with Crippen molar-refractivity contribution in [3.63, 3.8) is 0 Å². The van der Waals surface area contributed by atoms with Crippen LogP contribution < -0.4 is 5.32 Å². The Hall–Kier alpha value is -2.70. The number of amides is 2. The molecule has 2 aromatic rings. The van der Waals surface area contributed by atoms with Crippen molar-refractivity contribution in [3.8, 4) is 0 Å². The van der Waals surface area contributed by atoms with Gasteiger partial charge in [0.15, 0.2) is 5.82 Å². The van der Waals surface area contributed by atoms with Gasteiger partial charge >= 0.3 is 0 Å². The Morgan fingerprint density at radius 1 is 1.23 bits per heavy atom. The normalized spacial score (nSPS) is 22.2. The highest BCUT2D eigenvalue weighted by molar-refractivity contribution is 5.90. The van der Waals surface area contributed by atoms with E-state index in [1.54, 1.807) is 4.90 Å². The van der Waals surface area contributed by atoms with Crippen LogP contribution in [0.25, 0.3) is 0 Å². The van der Waals surface area contributed by atoms with E-state index in [9.17, 15) is 9.59 Å². The zero-order chi connectivity index (χ0) is 18.1. The van der Waals surface area contributed by atoms with Crippen LogP contribution in [0.3, 0.4) is 0 Å². The lowest BCUT2D eigenvalue weighted by atomic mass is 10.1. The smallest absolute Gasteiger partial charge is 0.245 e. The molecule has 2 amide bonds. The molecular formula is C19H23N5O2. The Balaban J connectivity index is 1.45. The first-order valence-corrected chi connectivity index (χ1v) is 9.16. The Morgan fingerprint density at radius 3 is 2.77 bits per heavy atom. The summed E-state index contributed by atoms with van der Waals surface area (Å²) in [6.07, 6.45) is 2.76. The lowest BCUT2D eigenvalue weighted by Crippen LogP contribution is -2.48. The molecule has 4 rings (SSSR count). The van der Waals surface area contributed by atoms with Crippen molar-refractivity contribution in [2.24, 2.45) is 0 Å². The summed E-state index contributed by atoms with van der Waals surface area (Å²) in [6.45, 7) is 3.16. The van der Waals surface area contributed by atoms with Gasteiger partial charge in [0, 0.05) is 19.4 Å². The van der Waals surface area contributed by atoms with E-state index < -0.39 is 0 Å². The predicted octanol–water partition coefficient (Wildman–Crippen LogP) is 1.25. The minimum absolute atomic E-state index is 0.0113. The maximum absolute atomic E-state index is 12.7. The van der Waals surface area contributed by atoms with Crippen LogP contribution in [0.5, 0.6) is 0 Å². The van der Waals surface area contributed by atoms with Crippen LogP contribution in [0.15, 0.2) is 30.3 Å². The Kier molecular flexibility index (Phi) is 4.44. The monoisotopic (exact) mass is 353 g/mol. The molecule has 2 aliphatic heterocycles. The van der Waals surface area contributed by atoms with E-state index in [0.29, 0.717) is 25.9 Å². The van der Waals surface area contributed by atoms with Gasteiger partial charge in [-0.15, -0.1) is 10.2 Å². The van der Waals surface area contributed by atoms with E-state index in [2.05, 4.69) is 39.1 Å². The van der Waals surface area contributed by atoms with Crippen molar-refractivity contribution < 1.29 is 9.59 Å². The molecule has 136 valence electrons. The van der Waals surface area contributed by atoms with Gasteiger partial charge in [-0.05, 0) is 25.3 Å². The molecule has 1 aromatic carbocycles. The number of aryl methyl sites for hydroxylation is 2. The van der Waals surface area contributed by atoms with Crippen LogP contribution in [-0.2, 0) is 29.0 Å². The minimum atomic E-state index is -0.387. The number of carbonyl (C=O) groups excluding carboxylic acids is 2. The maximum atomic E-state index is 12.7. The van der Waals surface area contributed by atoms with E-state index in [1.165, 1.54) is 5.56 Å². The molecule has 7 nitrogen and oxygen atoms in total. The van der Waals surface area contributed by atoms with Crippen LogP contribution in [0, 0.1) is 0 Å². The minimum Gasteiger partial charge on any atom is -0.344 e. The highest BCUT2D eigenvalue weighted by Gasteiger charge is 2.35. The van der Waals surface area contributed by atoms with Gasteiger partial charge in [0.05, 0.1) is 12.6 Å².